The van der Waals surface area contributed by atoms with E-state index in [0.29, 0.717) is 6.54 Å². The fourth-order valence-corrected chi connectivity index (χ4v) is 2.92. The van der Waals surface area contributed by atoms with Gasteiger partial charge < -0.3 is 14.8 Å². The Labute approximate surface area is 148 Å². The zero-order valence-corrected chi connectivity index (χ0v) is 15.2. The topological polar surface area (TPSA) is 50.2 Å². The lowest BCUT2D eigenvalue weighted by atomic mass is 10.2. The normalized spacial score (nSPS) is 12.5. The Morgan fingerprint density at radius 2 is 1.84 bits per heavy atom. The molecule has 0 aliphatic rings. The highest BCUT2D eigenvalue weighted by atomic mass is 16.2. The summed E-state index contributed by atoms with van der Waals surface area (Å²) in [6, 6.07) is 15.4. The monoisotopic (exact) mass is 336 g/mol. The van der Waals surface area contributed by atoms with Crippen molar-refractivity contribution in [1.29, 1.82) is 0 Å². The second-order valence-corrected chi connectivity index (χ2v) is 6.66. The lowest BCUT2D eigenvalue weighted by Crippen LogP contribution is -2.26. The van der Waals surface area contributed by atoms with E-state index in [1.165, 1.54) is 5.56 Å². The van der Waals surface area contributed by atoms with Gasteiger partial charge in [-0.25, -0.2) is 4.98 Å². The third kappa shape index (κ3) is 3.72. The van der Waals surface area contributed by atoms with Gasteiger partial charge in [0.05, 0.1) is 17.6 Å². The third-order valence-corrected chi connectivity index (χ3v) is 4.21. The molecule has 0 saturated heterocycles. The van der Waals surface area contributed by atoms with Crippen LogP contribution >= 0.6 is 0 Å². The number of para-hydroxylation sites is 2. The van der Waals surface area contributed by atoms with Crippen LogP contribution in [0.3, 0.4) is 0 Å². The molecule has 1 heterocycles. The van der Waals surface area contributed by atoms with Gasteiger partial charge in [0.15, 0.2) is 0 Å². The number of aromatic nitrogens is 2. The molecule has 0 bridgehead atoms. The fourth-order valence-electron chi connectivity index (χ4n) is 2.92. The Balaban J connectivity index is 1.93. The first-order valence-electron chi connectivity index (χ1n) is 8.44. The minimum absolute atomic E-state index is 0.0491. The quantitative estimate of drug-likeness (QED) is 0.774. The summed E-state index contributed by atoms with van der Waals surface area (Å²) in [6.07, 6.45) is 0. The summed E-state index contributed by atoms with van der Waals surface area (Å²) in [5.74, 6) is 0.838. The summed E-state index contributed by atoms with van der Waals surface area (Å²) in [4.78, 5) is 19.6. The van der Waals surface area contributed by atoms with Gasteiger partial charge >= 0.3 is 0 Å². The Bertz CT molecular complexity index is 880. The zero-order chi connectivity index (χ0) is 18.0. The smallest absolute Gasteiger partial charge is 0.247 e. The van der Waals surface area contributed by atoms with Crippen molar-refractivity contribution < 1.29 is 4.79 Å². The molecule has 25 heavy (non-hydrogen) atoms. The molecule has 0 saturated carbocycles. The van der Waals surface area contributed by atoms with Gasteiger partial charge in [-0.3, -0.25) is 4.79 Å². The minimum Gasteiger partial charge on any atom is -0.324 e. The predicted octanol–water partition coefficient (Wildman–Crippen LogP) is 3.61. The van der Waals surface area contributed by atoms with Crippen LogP contribution in [0, 0.1) is 6.92 Å². The Kier molecular flexibility index (Phi) is 4.86. The molecule has 130 valence electrons. The first-order valence-corrected chi connectivity index (χ1v) is 8.44. The molecule has 2 aromatic carbocycles. The summed E-state index contributed by atoms with van der Waals surface area (Å²) >= 11 is 0. The Hall–Kier alpha value is -2.66. The molecule has 1 atom stereocenters. The van der Waals surface area contributed by atoms with E-state index in [2.05, 4.69) is 10.2 Å². The second kappa shape index (κ2) is 7.07. The Morgan fingerprint density at radius 3 is 2.52 bits per heavy atom. The van der Waals surface area contributed by atoms with Gasteiger partial charge in [0, 0.05) is 5.69 Å². The molecule has 0 spiro atoms. The van der Waals surface area contributed by atoms with Crippen molar-refractivity contribution in [2.24, 2.45) is 0 Å². The first kappa shape index (κ1) is 17.2. The molecule has 1 amide bonds. The lowest BCUT2D eigenvalue weighted by molar-refractivity contribution is -0.118. The highest BCUT2D eigenvalue weighted by Crippen LogP contribution is 2.23. The number of nitrogens with one attached hydrogen (secondary N) is 1. The van der Waals surface area contributed by atoms with E-state index in [9.17, 15) is 4.79 Å². The molecule has 0 radical (unpaired) electrons. The fraction of sp³-hybridized carbons (Fsp3) is 0.300. The van der Waals surface area contributed by atoms with Crippen molar-refractivity contribution in [2.75, 3.05) is 19.4 Å². The molecule has 3 aromatic rings. The highest BCUT2D eigenvalue weighted by Gasteiger charge is 2.21. The van der Waals surface area contributed by atoms with Crippen LogP contribution < -0.4 is 5.32 Å². The number of amides is 1. The van der Waals surface area contributed by atoms with Gasteiger partial charge in [-0.1, -0.05) is 29.8 Å². The van der Waals surface area contributed by atoms with E-state index < -0.39 is 0 Å². The molecule has 1 unspecified atom stereocenters. The number of imidazole rings is 1. The molecule has 3 rings (SSSR count). The van der Waals surface area contributed by atoms with Crippen molar-refractivity contribution in [3.63, 3.8) is 0 Å². The summed E-state index contributed by atoms with van der Waals surface area (Å²) in [5, 5.41) is 3.00. The molecular formula is C20H24N4O. The average Bonchev–Trinajstić information content (AvgIpc) is 2.93. The number of benzene rings is 2. The number of hydrogen-bond acceptors (Lipinski definition) is 3. The molecule has 0 aliphatic carbocycles. The largest absolute Gasteiger partial charge is 0.324 e. The molecule has 1 N–H and O–H groups in total. The van der Waals surface area contributed by atoms with Gasteiger partial charge in [0.2, 0.25) is 5.91 Å². The van der Waals surface area contributed by atoms with Crippen molar-refractivity contribution in [3.05, 3.63) is 59.9 Å². The first-order chi connectivity index (χ1) is 12.0. The van der Waals surface area contributed by atoms with Crippen LogP contribution in [-0.2, 0) is 11.3 Å². The van der Waals surface area contributed by atoms with Gasteiger partial charge in [-0.15, -0.1) is 0 Å². The van der Waals surface area contributed by atoms with E-state index in [4.69, 9.17) is 4.98 Å². The van der Waals surface area contributed by atoms with E-state index in [0.717, 1.165) is 22.5 Å². The van der Waals surface area contributed by atoms with Gasteiger partial charge in [-0.05, 0) is 52.2 Å². The third-order valence-electron chi connectivity index (χ3n) is 4.21. The molecule has 0 fully saturated rings. The summed E-state index contributed by atoms with van der Waals surface area (Å²) in [6.45, 7) is 4.62. The SMILES string of the molecule is Cc1ccc(NC(=O)C(C)n2c(CN(C)C)nc3ccccc32)cc1. The highest BCUT2D eigenvalue weighted by molar-refractivity contribution is 5.94. The van der Waals surface area contributed by atoms with Crippen LogP contribution in [-0.4, -0.2) is 34.5 Å². The van der Waals surface area contributed by atoms with E-state index in [1.54, 1.807) is 0 Å². The number of fused-ring (bicyclic) bond motifs is 1. The maximum absolute atomic E-state index is 12.8. The summed E-state index contributed by atoms with van der Waals surface area (Å²) < 4.78 is 2.03. The summed E-state index contributed by atoms with van der Waals surface area (Å²) in [7, 11) is 4.00. The lowest BCUT2D eigenvalue weighted by Gasteiger charge is -2.19. The van der Waals surface area contributed by atoms with E-state index in [-0.39, 0.29) is 11.9 Å². The van der Waals surface area contributed by atoms with Gasteiger partial charge in [0.25, 0.3) is 0 Å². The molecule has 5 heteroatoms. The number of hydrogen-bond donors (Lipinski definition) is 1. The molecule has 0 aliphatic heterocycles. The van der Waals surface area contributed by atoms with E-state index >= 15 is 0 Å². The molecule has 5 nitrogen and oxygen atoms in total. The minimum atomic E-state index is -0.358. The van der Waals surface area contributed by atoms with Crippen molar-refractivity contribution >= 4 is 22.6 Å². The van der Waals surface area contributed by atoms with Crippen molar-refractivity contribution in [3.8, 4) is 0 Å². The zero-order valence-electron chi connectivity index (χ0n) is 15.2. The maximum atomic E-state index is 12.8. The van der Waals surface area contributed by atoms with Crippen molar-refractivity contribution in [1.82, 2.24) is 14.5 Å². The summed E-state index contributed by atoms with van der Waals surface area (Å²) in [5.41, 5.74) is 3.86. The molecular weight excluding hydrogens is 312 g/mol. The number of rotatable bonds is 5. The number of carbonyl (C=O) groups excluding carboxylic acids is 1. The van der Waals surface area contributed by atoms with Crippen LogP contribution in [0.25, 0.3) is 11.0 Å². The van der Waals surface area contributed by atoms with Crippen LogP contribution in [0.1, 0.15) is 24.4 Å². The second-order valence-electron chi connectivity index (χ2n) is 6.66. The molecule has 1 aromatic heterocycles. The van der Waals surface area contributed by atoms with Crippen LogP contribution in [0.5, 0.6) is 0 Å². The predicted molar refractivity (Wildman–Crippen MR) is 102 cm³/mol. The van der Waals surface area contributed by atoms with E-state index in [1.807, 2.05) is 81.0 Å². The van der Waals surface area contributed by atoms with Crippen LogP contribution in [0.15, 0.2) is 48.5 Å². The number of carbonyl (C=O) groups is 1. The van der Waals surface area contributed by atoms with Gasteiger partial charge in [0.1, 0.15) is 11.9 Å². The standard InChI is InChI=1S/C20H24N4O/c1-14-9-11-16(12-10-14)21-20(25)15(2)24-18-8-6-5-7-17(18)22-19(24)13-23(3)4/h5-12,15H,13H2,1-4H3,(H,21,25). The average molecular weight is 336 g/mol. The number of nitrogens with zero attached hydrogens (tertiary/aromatic N) is 3. The number of aryl methyl sites for hydroxylation is 1. The van der Waals surface area contributed by atoms with Gasteiger partial charge in [-0.2, -0.15) is 0 Å². The maximum Gasteiger partial charge on any atom is 0.247 e. The van der Waals surface area contributed by atoms with Crippen LogP contribution in [0.4, 0.5) is 5.69 Å². The number of anilines is 1. The Morgan fingerprint density at radius 1 is 1.16 bits per heavy atom. The van der Waals surface area contributed by atoms with Crippen LogP contribution in [0.2, 0.25) is 0 Å². The van der Waals surface area contributed by atoms with Crippen molar-refractivity contribution in [2.45, 2.75) is 26.4 Å².